The van der Waals surface area contributed by atoms with Crippen LogP contribution in [0.15, 0.2) is 6.07 Å². The van der Waals surface area contributed by atoms with Gasteiger partial charge >= 0.3 is 0 Å². The maximum Gasteiger partial charge on any atom is 0.235 e. The van der Waals surface area contributed by atoms with Crippen LogP contribution in [0, 0.1) is 17.8 Å². The summed E-state index contributed by atoms with van der Waals surface area (Å²) in [6.07, 6.45) is 0. The number of aromatic nitrogens is 5. The molecule has 0 radical (unpaired) electrons. The first-order chi connectivity index (χ1) is 11.9. The van der Waals surface area contributed by atoms with Crippen molar-refractivity contribution in [3.8, 4) is 15.8 Å². The van der Waals surface area contributed by atoms with E-state index in [0.29, 0.717) is 18.4 Å². The molecule has 0 unspecified atom stereocenters. The SMILES string of the molecule is CCN(c1nc(C)cc(OC)n1)c1nnc(-c2sc(=S)n(C)c2C)s1. The Labute approximate surface area is 159 Å². The summed E-state index contributed by atoms with van der Waals surface area (Å²) in [7, 11) is 3.56. The van der Waals surface area contributed by atoms with Gasteiger partial charge < -0.3 is 9.30 Å². The fourth-order valence-corrected chi connectivity index (χ4v) is 4.64. The van der Waals surface area contributed by atoms with Crippen LogP contribution in [0.1, 0.15) is 18.3 Å². The van der Waals surface area contributed by atoms with Crippen LogP contribution in [0.4, 0.5) is 11.1 Å². The molecular weight excluding hydrogens is 376 g/mol. The van der Waals surface area contributed by atoms with Crippen molar-refractivity contribution >= 4 is 46.0 Å². The van der Waals surface area contributed by atoms with E-state index in [-0.39, 0.29) is 0 Å². The van der Waals surface area contributed by atoms with E-state index in [4.69, 9.17) is 17.0 Å². The van der Waals surface area contributed by atoms with Crippen molar-refractivity contribution in [1.29, 1.82) is 0 Å². The molecule has 132 valence electrons. The molecule has 3 heterocycles. The molecule has 0 atom stereocenters. The van der Waals surface area contributed by atoms with Gasteiger partial charge in [-0.15, -0.1) is 21.5 Å². The van der Waals surface area contributed by atoms with E-state index in [2.05, 4.69) is 20.2 Å². The molecule has 0 aromatic carbocycles. The monoisotopic (exact) mass is 394 g/mol. The van der Waals surface area contributed by atoms with Gasteiger partial charge in [0.05, 0.1) is 12.0 Å². The summed E-state index contributed by atoms with van der Waals surface area (Å²) in [6, 6.07) is 1.79. The van der Waals surface area contributed by atoms with Crippen LogP contribution in [0.5, 0.6) is 5.88 Å². The average Bonchev–Trinajstić information content (AvgIpc) is 3.16. The quantitative estimate of drug-likeness (QED) is 0.608. The largest absolute Gasteiger partial charge is 0.481 e. The molecule has 0 saturated carbocycles. The zero-order chi connectivity index (χ0) is 18.1. The van der Waals surface area contributed by atoms with Crippen LogP contribution in [0.2, 0.25) is 0 Å². The third-order valence-corrected chi connectivity index (χ3v) is 6.48. The predicted molar refractivity (Wildman–Crippen MR) is 104 cm³/mol. The minimum atomic E-state index is 0.530. The molecule has 0 amide bonds. The van der Waals surface area contributed by atoms with Crippen LogP contribution in [-0.4, -0.2) is 38.4 Å². The molecule has 25 heavy (non-hydrogen) atoms. The Morgan fingerprint density at radius 2 is 2.00 bits per heavy atom. The lowest BCUT2D eigenvalue weighted by Gasteiger charge is -2.17. The number of ether oxygens (including phenoxy) is 1. The van der Waals surface area contributed by atoms with Gasteiger partial charge in [0.15, 0.2) is 8.96 Å². The van der Waals surface area contributed by atoms with E-state index in [0.717, 1.165) is 30.4 Å². The molecule has 0 N–H and O–H groups in total. The highest BCUT2D eigenvalue weighted by molar-refractivity contribution is 7.73. The second-order valence-corrected chi connectivity index (χ2v) is 7.93. The number of thiazole rings is 1. The summed E-state index contributed by atoms with van der Waals surface area (Å²) >= 11 is 8.40. The van der Waals surface area contributed by atoms with E-state index in [9.17, 15) is 0 Å². The van der Waals surface area contributed by atoms with Crippen LogP contribution in [0.3, 0.4) is 0 Å². The lowest BCUT2D eigenvalue weighted by Crippen LogP contribution is -2.19. The van der Waals surface area contributed by atoms with Gasteiger partial charge in [-0.3, -0.25) is 4.90 Å². The Morgan fingerprint density at radius 1 is 1.24 bits per heavy atom. The number of hydrogen-bond acceptors (Lipinski definition) is 9. The summed E-state index contributed by atoms with van der Waals surface area (Å²) in [6.45, 7) is 6.64. The number of nitrogens with zero attached hydrogens (tertiary/aromatic N) is 6. The highest BCUT2D eigenvalue weighted by atomic mass is 32.1. The first-order valence-corrected chi connectivity index (χ1v) is 9.66. The van der Waals surface area contributed by atoms with Crippen molar-refractivity contribution in [3.05, 3.63) is 21.4 Å². The maximum absolute atomic E-state index is 5.35. The standard InChI is InChI=1S/C15H18N6OS3/c1-6-21(13-16-8(2)7-10(17-13)22-5)14-19-18-12(25-14)11-9(3)20(4)15(23)24-11/h7H,6H2,1-5H3. The second kappa shape index (κ2) is 7.14. The molecule has 10 heteroatoms. The summed E-state index contributed by atoms with van der Waals surface area (Å²) in [4.78, 5) is 11.9. The van der Waals surface area contributed by atoms with Crippen molar-refractivity contribution < 1.29 is 4.74 Å². The normalized spacial score (nSPS) is 10.9. The van der Waals surface area contributed by atoms with E-state index in [1.807, 2.05) is 37.3 Å². The van der Waals surface area contributed by atoms with Crippen LogP contribution >= 0.6 is 34.9 Å². The zero-order valence-electron chi connectivity index (χ0n) is 14.6. The van der Waals surface area contributed by atoms with Gasteiger partial charge in [-0.05, 0) is 33.0 Å². The van der Waals surface area contributed by atoms with Crippen molar-refractivity contribution in [2.75, 3.05) is 18.6 Å². The first-order valence-electron chi connectivity index (χ1n) is 7.62. The summed E-state index contributed by atoms with van der Waals surface area (Å²) in [5.41, 5.74) is 1.93. The first kappa shape index (κ1) is 17.9. The Hall–Kier alpha value is -1.91. The predicted octanol–water partition coefficient (Wildman–Crippen LogP) is 3.91. The van der Waals surface area contributed by atoms with Crippen LogP contribution in [-0.2, 0) is 7.05 Å². The van der Waals surface area contributed by atoms with Gasteiger partial charge in [0, 0.05) is 31.0 Å². The molecule has 0 saturated heterocycles. The number of hydrogen-bond donors (Lipinski definition) is 0. The Morgan fingerprint density at radius 3 is 2.60 bits per heavy atom. The van der Waals surface area contributed by atoms with E-state index in [1.54, 1.807) is 24.5 Å². The van der Waals surface area contributed by atoms with E-state index >= 15 is 0 Å². The second-order valence-electron chi connectivity index (χ2n) is 5.33. The fourth-order valence-electron chi connectivity index (χ4n) is 2.25. The highest BCUT2D eigenvalue weighted by Crippen LogP contribution is 2.36. The van der Waals surface area contributed by atoms with E-state index < -0.39 is 0 Å². The molecule has 0 spiro atoms. The molecule has 7 nitrogen and oxygen atoms in total. The van der Waals surface area contributed by atoms with Crippen LogP contribution in [0.25, 0.3) is 9.88 Å². The summed E-state index contributed by atoms with van der Waals surface area (Å²) in [5, 5.41) is 10.3. The highest BCUT2D eigenvalue weighted by Gasteiger charge is 2.20. The van der Waals surface area contributed by atoms with Crippen molar-refractivity contribution in [1.82, 2.24) is 24.7 Å². The molecule has 0 aliphatic rings. The van der Waals surface area contributed by atoms with Crippen molar-refractivity contribution in [2.45, 2.75) is 20.8 Å². The third-order valence-electron chi connectivity index (χ3n) is 3.72. The number of aryl methyl sites for hydroxylation is 1. The Balaban J connectivity index is 2.01. The molecule has 0 bridgehead atoms. The molecule has 3 rings (SSSR count). The topological polar surface area (TPSA) is 69.0 Å². The summed E-state index contributed by atoms with van der Waals surface area (Å²) < 4.78 is 8.06. The van der Waals surface area contributed by atoms with Gasteiger partial charge in [0.1, 0.15) is 0 Å². The number of methoxy groups -OCH3 is 1. The summed E-state index contributed by atoms with van der Waals surface area (Å²) in [5.74, 6) is 1.09. The Bertz CT molecular complexity index is 961. The molecular formula is C15H18N6OS3. The lowest BCUT2D eigenvalue weighted by molar-refractivity contribution is 0.396. The minimum Gasteiger partial charge on any atom is -0.481 e. The zero-order valence-corrected chi connectivity index (χ0v) is 17.1. The van der Waals surface area contributed by atoms with Crippen molar-refractivity contribution in [2.24, 2.45) is 7.05 Å². The molecule has 0 fully saturated rings. The minimum absolute atomic E-state index is 0.530. The molecule has 3 aromatic heterocycles. The van der Waals surface area contributed by atoms with E-state index in [1.165, 1.54) is 11.3 Å². The smallest absolute Gasteiger partial charge is 0.235 e. The van der Waals surface area contributed by atoms with Gasteiger partial charge in [0.25, 0.3) is 0 Å². The molecule has 0 aliphatic heterocycles. The van der Waals surface area contributed by atoms with Gasteiger partial charge in [0.2, 0.25) is 17.0 Å². The van der Waals surface area contributed by atoms with Crippen molar-refractivity contribution in [3.63, 3.8) is 0 Å². The number of rotatable bonds is 5. The lowest BCUT2D eigenvalue weighted by atomic mass is 10.4. The van der Waals surface area contributed by atoms with Gasteiger partial charge in [-0.25, -0.2) is 4.98 Å². The molecule has 0 aliphatic carbocycles. The average molecular weight is 395 g/mol. The Kier molecular flexibility index (Phi) is 5.11. The van der Waals surface area contributed by atoms with Gasteiger partial charge in [-0.2, -0.15) is 4.98 Å². The fraction of sp³-hybridized carbons (Fsp3) is 0.400. The third kappa shape index (κ3) is 3.42. The number of anilines is 2. The van der Waals surface area contributed by atoms with Gasteiger partial charge in [-0.1, -0.05) is 11.3 Å². The van der Waals surface area contributed by atoms with Crippen LogP contribution < -0.4 is 9.64 Å². The maximum atomic E-state index is 5.35. The molecule has 3 aromatic rings.